The maximum Gasteiger partial charge on any atom is 0.338 e. The molecular formula is C17H16ClNO3. The molecule has 0 bridgehead atoms. The van der Waals surface area contributed by atoms with Gasteiger partial charge in [0, 0.05) is 10.7 Å². The number of anilines is 1. The standard InChI is InChI=1S/C17H16ClNO3/c1-11-6-3-4-9-15(11)19-16(20)12(2)22-17(21)13-7-5-8-14(18)10-13/h3-10,12H,1-2H3,(H,19,20)/t12-/m1/s1. The number of hydrogen-bond acceptors (Lipinski definition) is 3. The van der Waals surface area contributed by atoms with Crippen molar-refractivity contribution in [1.82, 2.24) is 0 Å². The highest BCUT2D eigenvalue weighted by Crippen LogP contribution is 2.15. The number of carbonyl (C=O) groups is 2. The van der Waals surface area contributed by atoms with Gasteiger partial charge in [0.25, 0.3) is 5.91 Å². The van der Waals surface area contributed by atoms with Crippen molar-refractivity contribution in [2.24, 2.45) is 0 Å². The van der Waals surface area contributed by atoms with Gasteiger partial charge in [0.2, 0.25) is 0 Å². The van der Waals surface area contributed by atoms with Gasteiger partial charge in [0.15, 0.2) is 6.10 Å². The second-order valence-corrected chi connectivity index (χ2v) is 5.30. The van der Waals surface area contributed by atoms with E-state index >= 15 is 0 Å². The maximum absolute atomic E-state index is 12.1. The number of nitrogens with one attached hydrogen (secondary N) is 1. The quantitative estimate of drug-likeness (QED) is 0.872. The Balaban J connectivity index is 1.99. The summed E-state index contributed by atoms with van der Waals surface area (Å²) < 4.78 is 5.16. The van der Waals surface area contributed by atoms with Crippen molar-refractivity contribution in [3.8, 4) is 0 Å². The van der Waals surface area contributed by atoms with Gasteiger partial charge in [-0.25, -0.2) is 4.79 Å². The summed E-state index contributed by atoms with van der Waals surface area (Å²) in [5.74, 6) is -0.973. The zero-order valence-electron chi connectivity index (χ0n) is 12.3. The summed E-state index contributed by atoms with van der Waals surface area (Å²) >= 11 is 5.83. The number of rotatable bonds is 4. The number of hydrogen-bond donors (Lipinski definition) is 1. The van der Waals surface area contributed by atoms with Gasteiger partial charge in [-0.05, 0) is 43.7 Å². The molecule has 0 saturated carbocycles. The van der Waals surface area contributed by atoms with Crippen molar-refractivity contribution < 1.29 is 14.3 Å². The molecule has 114 valence electrons. The molecule has 1 atom stereocenters. The van der Waals surface area contributed by atoms with Gasteiger partial charge in [0.05, 0.1) is 5.56 Å². The fourth-order valence-electron chi connectivity index (χ4n) is 1.85. The Labute approximate surface area is 134 Å². The smallest absolute Gasteiger partial charge is 0.338 e. The van der Waals surface area contributed by atoms with E-state index in [4.69, 9.17) is 16.3 Å². The van der Waals surface area contributed by atoms with Crippen molar-refractivity contribution in [3.05, 3.63) is 64.7 Å². The molecule has 1 N–H and O–H groups in total. The van der Waals surface area contributed by atoms with Crippen LogP contribution in [0, 0.1) is 6.92 Å². The van der Waals surface area contributed by atoms with Crippen molar-refractivity contribution in [3.63, 3.8) is 0 Å². The van der Waals surface area contributed by atoms with Crippen LogP contribution in [0.15, 0.2) is 48.5 Å². The Hall–Kier alpha value is -2.33. The minimum Gasteiger partial charge on any atom is -0.449 e. The Bertz CT molecular complexity index is 700. The summed E-state index contributed by atoms with van der Waals surface area (Å²) in [5.41, 5.74) is 1.94. The van der Waals surface area contributed by atoms with E-state index in [-0.39, 0.29) is 5.91 Å². The predicted molar refractivity (Wildman–Crippen MR) is 86.1 cm³/mol. The van der Waals surface area contributed by atoms with Crippen LogP contribution in [0.25, 0.3) is 0 Å². The lowest BCUT2D eigenvalue weighted by atomic mass is 10.2. The molecule has 0 aromatic heterocycles. The van der Waals surface area contributed by atoms with Crippen molar-refractivity contribution in [2.45, 2.75) is 20.0 Å². The average molecular weight is 318 g/mol. The molecular weight excluding hydrogens is 302 g/mol. The van der Waals surface area contributed by atoms with E-state index in [1.54, 1.807) is 24.3 Å². The molecule has 0 heterocycles. The zero-order valence-corrected chi connectivity index (χ0v) is 13.1. The lowest BCUT2D eigenvalue weighted by Gasteiger charge is -2.14. The molecule has 2 aromatic rings. The Kier molecular flexibility index (Phi) is 5.17. The Morgan fingerprint density at radius 3 is 2.55 bits per heavy atom. The molecule has 0 aliphatic heterocycles. The van der Waals surface area contributed by atoms with E-state index in [2.05, 4.69) is 5.32 Å². The molecule has 0 spiro atoms. The van der Waals surface area contributed by atoms with E-state index in [0.29, 0.717) is 16.3 Å². The van der Waals surface area contributed by atoms with Gasteiger partial charge in [-0.3, -0.25) is 4.79 Å². The number of amides is 1. The van der Waals surface area contributed by atoms with E-state index in [9.17, 15) is 9.59 Å². The largest absolute Gasteiger partial charge is 0.449 e. The first-order valence-electron chi connectivity index (χ1n) is 6.80. The monoisotopic (exact) mass is 317 g/mol. The highest BCUT2D eigenvalue weighted by molar-refractivity contribution is 6.30. The molecule has 1 amide bonds. The van der Waals surface area contributed by atoms with Crippen LogP contribution in [0.3, 0.4) is 0 Å². The number of benzene rings is 2. The molecule has 0 fully saturated rings. The van der Waals surface area contributed by atoms with Crippen LogP contribution in [0.5, 0.6) is 0 Å². The molecule has 5 heteroatoms. The van der Waals surface area contributed by atoms with E-state index in [1.165, 1.54) is 13.0 Å². The highest BCUT2D eigenvalue weighted by Gasteiger charge is 2.19. The van der Waals surface area contributed by atoms with Crippen LogP contribution < -0.4 is 5.32 Å². The molecule has 0 saturated heterocycles. The molecule has 0 aliphatic rings. The van der Waals surface area contributed by atoms with Gasteiger partial charge in [-0.1, -0.05) is 35.9 Å². The average Bonchev–Trinajstić information content (AvgIpc) is 2.49. The summed E-state index contributed by atoms with van der Waals surface area (Å²) in [6, 6.07) is 13.8. The van der Waals surface area contributed by atoms with Crippen molar-refractivity contribution in [1.29, 1.82) is 0 Å². The molecule has 22 heavy (non-hydrogen) atoms. The third-order valence-electron chi connectivity index (χ3n) is 3.12. The number of halogens is 1. The molecule has 0 radical (unpaired) electrons. The highest BCUT2D eigenvalue weighted by atomic mass is 35.5. The molecule has 0 unspecified atom stereocenters. The molecule has 2 aromatic carbocycles. The summed E-state index contributed by atoms with van der Waals surface area (Å²) in [6.45, 7) is 3.41. The number of carbonyl (C=O) groups excluding carboxylic acids is 2. The molecule has 2 rings (SSSR count). The van der Waals surface area contributed by atoms with Gasteiger partial charge in [0.1, 0.15) is 0 Å². The minimum absolute atomic E-state index is 0.308. The Morgan fingerprint density at radius 2 is 1.86 bits per heavy atom. The van der Waals surface area contributed by atoms with Crippen LogP contribution in [0.1, 0.15) is 22.8 Å². The third-order valence-corrected chi connectivity index (χ3v) is 3.35. The van der Waals surface area contributed by atoms with Gasteiger partial charge >= 0.3 is 5.97 Å². The first-order chi connectivity index (χ1) is 10.5. The first kappa shape index (κ1) is 16.0. The summed E-state index contributed by atoms with van der Waals surface area (Å²) in [6.07, 6.45) is -0.911. The summed E-state index contributed by atoms with van der Waals surface area (Å²) in [4.78, 5) is 24.1. The van der Waals surface area contributed by atoms with E-state index in [1.807, 2.05) is 25.1 Å². The number of aryl methyl sites for hydroxylation is 1. The summed E-state index contributed by atoms with van der Waals surface area (Å²) in [7, 11) is 0. The van der Waals surface area contributed by atoms with Crippen molar-refractivity contribution >= 4 is 29.2 Å². The fourth-order valence-corrected chi connectivity index (χ4v) is 2.04. The minimum atomic E-state index is -0.911. The van der Waals surface area contributed by atoms with Gasteiger partial charge in [-0.15, -0.1) is 0 Å². The second-order valence-electron chi connectivity index (χ2n) is 4.86. The van der Waals surface area contributed by atoms with Gasteiger partial charge < -0.3 is 10.1 Å². The van der Waals surface area contributed by atoms with E-state index < -0.39 is 12.1 Å². The first-order valence-corrected chi connectivity index (χ1v) is 7.18. The van der Waals surface area contributed by atoms with Crippen LogP contribution in [-0.4, -0.2) is 18.0 Å². The van der Waals surface area contributed by atoms with Gasteiger partial charge in [-0.2, -0.15) is 0 Å². The number of esters is 1. The lowest BCUT2D eigenvalue weighted by molar-refractivity contribution is -0.123. The van der Waals surface area contributed by atoms with Crippen LogP contribution in [-0.2, 0) is 9.53 Å². The maximum atomic E-state index is 12.1. The zero-order chi connectivity index (χ0) is 16.1. The summed E-state index contributed by atoms with van der Waals surface area (Å²) in [5, 5.41) is 3.17. The molecule has 4 nitrogen and oxygen atoms in total. The topological polar surface area (TPSA) is 55.4 Å². The third kappa shape index (κ3) is 4.09. The number of ether oxygens (including phenoxy) is 1. The van der Waals surface area contributed by atoms with Crippen LogP contribution in [0.2, 0.25) is 5.02 Å². The number of para-hydroxylation sites is 1. The SMILES string of the molecule is Cc1ccccc1NC(=O)[C@@H](C)OC(=O)c1cccc(Cl)c1. The van der Waals surface area contributed by atoms with E-state index in [0.717, 1.165) is 5.56 Å². The fraction of sp³-hybridized carbons (Fsp3) is 0.176. The van der Waals surface area contributed by atoms with Crippen LogP contribution >= 0.6 is 11.6 Å². The van der Waals surface area contributed by atoms with Crippen LogP contribution in [0.4, 0.5) is 5.69 Å². The molecule has 0 aliphatic carbocycles. The van der Waals surface area contributed by atoms with Crippen molar-refractivity contribution in [2.75, 3.05) is 5.32 Å². The Morgan fingerprint density at radius 1 is 1.14 bits per heavy atom. The second kappa shape index (κ2) is 7.09. The normalized spacial score (nSPS) is 11.6. The predicted octanol–water partition coefficient (Wildman–Crippen LogP) is 3.83. The lowest BCUT2D eigenvalue weighted by Crippen LogP contribution is -2.30.